The minimum atomic E-state index is -0.567. The lowest BCUT2D eigenvalue weighted by molar-refractivity contribution is -0.131. The van der Waals surface area contributed by atoms with Gasteiger partial charge in [0.05, 0.1) is 11.8 Å². The molecule has 8 heteroatoms. The first-order valence-corrected chi connectivity index (χ1v) is 10.7. The van der Waals surface area contributed by atoms with Gasteiger partial charge in [-0.3, -0.25) is 10.1 Å². The largest absolute Gasteiger partial charge is 0.447 e. The Morgan fingerprint density at radius 1 is 1.18 bits per heavy atom. The number of nitrogens with one attached hydrogen (secondary N) is 1. The molecule has 0 saturated carbocycles. The van der Waals surface area contributed by atoms with E-state index >= 15 is 0 Å². The molecule has 1 saturated heterocycles. The van der Waals surface area contributed by atoms with Crippen LogP contribution < -0.4 is 5.32 Å². The molecule has 1 aliphatic rings. The monoisotopic (exact) mass is 438 g/mol. The van der Waals surface area contributed by atoms with E-state index < -0.39 is 6.09 Å². The lowest BCUT2D eigenvalue weighted by Gasteiger charge is -2.32. The Morgan fingerprint density at radius 3 is 2.39 bits per heavy atom. The van der Waals surface area contributed by atoms with Crippen LogP contribution in [0.15, 0.2) is 48.5 Å². The van der Waals surface area contributed by atoms with Crippen molar-refractivity contribution in [3.8, 4) is 0 Å². The van der Waals surface area contributed by atoms with Crippen molar-refractivity contribution < 1.29 is 14.3 Å². The Balaban J connectivity index is 1.63. The Hall–Kier alpha value is -1.89. The van der Waals surface area contributed by atoms with Crippen LogP contribution in [-0.4, -0.2) is 35.3 Å². The highest BCUT2D eigenvalue weighted by molar-refractivity contribution is 8.00. The number of carbonyl (C=O) groups is 2. The average Bonchev–Trinajstić information content (AvgIpc) is 3.06. The summed E-state index contributed by atoms with van der Waals surface area (Å²) >= 11 is 13.4. The molecular weight excluding hydrogens is 419 g/mol. The fourth-order valence-electron chi connectivity index (χ4n) is 2.97. The second kappa shape index (κ2) is 9.54. The van der Waals surface area contributed by atoms with Crippen molar-refractivity contribution in [2.45, 2.75) is 24.8 Å². The number of amides is 2. The van der Waals surface area contributed by atoms with Gasteiger partial charge in [0, 0.05) is 15.7 Å². The first-order chi connectivity index (χ1) is 13.5. The van der Waals surface area contributed by atoms with Crippen LogP contribution in [-0.2, 0) is 9.53 Å². The molecule has 5 nitrogen and oxygen atoms in total. The van der Waals surface area contributed by atoms with Crippen LogP contribution in [0.5, 0.6) is 0 Å². The number of rotatable bonds is 6. The lowest BCUT2D eigenvalue weighted by atomic mass is 10.1. The summed E-state index contributed by atoms with van der Waals surface area (Å²) in [6, 6.07) is 14.0. The number of ether oxygens (including phenoxy) is 1. The summed E-state index contributed by atoms with van der Waals surface area (Å²) in [6.45, 7) is 2.09. The molecular formula is C20H20Cl2N2O3S. The van der Waals surface area contributed by atoms with E-state index in [-0.39, 0.29) is 23.9 Å². The summed E-state index contributed by atoms with van der Waals surface area (Å²) in [7, 11) is 0. The van der Waals surface area contributed by atoms with Gasteiger partial charge >= 0.3 is 6.09 Å². The Bertz CT molecular complexity index is 830. The molecule has 0 radical (unpaired) electrons. The fraction of sp³-hybridized carbons (Fsp3) is 0.300. The van der Waals surface area contributed by atoms with E-state index in [1.54, 1.807) is 36.0 Å². The van der Waals surface area contributed by atoms with E-state index in [9.17, 15) is 9.59 Å². The smallest absolute Gasteiger partial charge is 0.411 e. The summed E-state index contributed by atoms with van der Waals surface area (Å²) in [5.41, 5.74) is 1.60. The Morgan fingerprint density at radius 2 is 1.79 bits per heavy atom. The molecule has 2 aromatic carbocycles. The van der Waals surface area contributed by atoms with Gasteiger partial charge in [-0.15, -0.1) is 11.8 Å². The molecule has 28 heavy (non-hydrogen) atoms. The van der Waals surface area contributed by atoms with E-state index in [4.69, 9.17) is 27.9 Å². The first kappa shape index (κ1) is 20.8. The van der Waals surface area contributed by atoms with Gasteiger partial charge in [-0.1, -0.05) is 42.3 Å². The molecule has 0 aliphatic carbocycles. The van der Waals surface area contributed by atoms with Crippen molar-refractivity contribution in [2.24, 2.45) is 0 Å². The van der Waals surface area contributed by atoms with Crippen molar-refractivity contribution in [3.63, 3.8) is 0 Å². The molecule has 1 heterocycles. The summed E-state index contributed by atoms with van der Waals surface area (Å²) in [5, 5.41) is 3.78. The minimum absolute atomic E-state index is 0.0403. The van der Waals surface area contributed by atoms with Gasteiger partial charge in [-0.25, -0.2) is 4.79 Å². The molecule has 1 fully saturated rings. The van der Waals surface area contributed by atoms with E-state index in [0.717, 1.165) is 5.56 Å². The van der Waals surface area contributed by atoms with Gasteiger partial charge in [0.1, 0.15) is 12.0 Å². The van der Waals surface area contributed by atoms with Crippen molar-refractivity contribution in [3.05, 3.63) is 64.1 Å². The van der Waals surface area contributed by atoms with E-state index in [1.165, 1.54) is 0 Å². The van der Waals surface area contributed by atoms with Gasteiger partial charge in [-0.2, -0.15) is 0 Å². The van der Waals surface area contributed by atoms with Crippen LogP contribution >= 0.6 is 35.0 Å². The van der Waals surface area contributed by atoms with Crippen molar-refractivity contribution in [1.29, 1.82) is 0 Å². The minimum Gasteiger partial charge on any atom is -0.447 e. The van der Waals surface area contributed by atoms with Crippen molar-refractivity contribution in [1.82, 2.24) is 4.90 Å². The Labute approximate surface area is 178 Å². The maximum absolute atomic E-state index is 12.5. The second-order valence-corrected chi connectivity index (χ2v) is 8.25. The SMILES string of the molecule is CCC(COC(=O)Nc1ccc(Cl)cc1)N1C(=O)CSC1c1ccc(Cl)cc1. The van der Waals surface area contributed by atoms with Crippen LogP contribution in [0.1, 0.15) is 24.3 Å². The van der Waals surface area contributed by atoms with E-state index in [1.807, 2.05) is 36.1 Å². The number of anilines is 1. The molecule has 2 aromatic rings. The third kappa shape index (κ3) is 5.13. The van der Waals surface area contributed by atoms with Gasteiger partial charge in [0.15, 0.2) is 0 Å². The van der Waals surface area contributed by atoms with E-state index in [2.05, 4.69) is 5.32 Å². The topological polar surface area (TPSA) is 58.6 Å². The highest BCUT2D eigenvalue weighted by Gasteiger charge is 2.37. The summed E-state index contributed by atoms with van der Waals surface area (Å²) < 4.78 is 5.39. The summed E-state index contributed by atoms with van der Waals surface area (Å²) in [4.78, 5) is 26.4. The normalized spacial score (nSPS) is 17.5. The molecule has 0 aromatic heterocycles. The van der Waals surface area contributed by atoms with Gasteiger partial charge in [0.2, 0.25) is 5.91 Å². The molecule has 2 amide bonds. The van der Waals surface area contributed by atoms with Crippen molar-refractivity contribution >= 4 is 52.7 Å². The first-order valence-electron chi connectivity index (χ1n) is 8.85. The molecule has 1 aliphatic heterocycles. The molecule has 148 valence electrons. The highest BCUT2D eigenvalue weighted by Crippen LogP contribution is 2.40. The molecule has 3 rings (SSSR count). The number of hydrogen-bond donors (Lipinski definition) is 1. The zero-order chi connectivity index (χ0) is 20.1. The third-order valence-electron chi connectivity index (χ3n) is 4.42. The number of halogens is 2. The zero-order valence-corrected chi connectivity index (χ0v) is 17.6. The number of nitrogens with zero attached hydrogens (tertiary/aromatic N) is 1. The maximum atomic E-state index is 12.5. The molecule has 2 atom stereocenters. The lowest BCUT2D eigenvalue weighted by Crippen LogP contribution is -2.41. The van der Waals surface area contributed by atoms with Crippen LogP contribution in [0.3, 0.4) is 0 Å². The zero-order valence-electron chi connectivity index (χ0n) is 15.2. The van der Waals surface area contributed by atoms with Gasteiger partial charge in [-0.05, 0) is 48.4 Å². The van der Waals surface area contributed by atoms with Crippen molar-refractivity contribution in [2.75, 3.05) is 17.7 Å². The van der Waals surface area contributed by atoms with Gasteiger partial charge in [0.25, 0.3) is 0 Å². The van der Waals surface area contributed by atoms with E-state index in [0.29, 0.717) is 27.9 Å². The maximum Gasteiger partial charge on any atom is 0.411 e. The Kier molecular flexibility index (Phi) is 7.10. The summed E-state index contributed by atoms with van der Waals surface area (Å²) in [5.74, 6) is 0.444. The predicted molar refractivity (Wildman–Crippen MR) is 114 cm³/mol. The molecule has 0 bridgehead atoms. The fourth-order valence-corrected chi connectivity index (χ4v) is 4.47. The second-order valence-electron chi connectivity index (χ2n) is 6.31. The molecule has 2 unspecified atom stereocenters. The highest BCUT2D eigenvalue weighted by atomic mass is 35.5. The van der Waals surface area contributed by atoms with Crippen LogP contribution in [0.25, 0.3) is 0 Å². The quantitative estimate of drug-likeness (QED) is 0.637. The van der Waals surface area contributed by atoms with Crippen LogP contribution in [0.4, 0.5) is 10.5 Å². The molecule has 0 spiro atoms. The standard InChI is InChI=1S/C20H20Cl2N2O3S/c1-2-17(11-27-20(26)23-16-9-7-15(22)8-10-16)24-18(25)12-28-19(24)13-3-5-14(21)6-4-13/h3-10,17,19H,2,11-12H2,1H3,(H,23,26). The number of hydrogen-bond acceptors (Lipinski definition) is 4. The third-order valence-corrected chi connectivity index (χ3v) is 6.16. The number of carbonyl (C=O) groups excluding carboxylic acids is 2. The van der Waals surface area contributed by atoms with Gasteiger partial charge < -0.3 is 9.64 Å². The number of benzene rings is 2. The van der Waals surface area contributed by atoms with Crippen LogP contribution in [0, 0.1) is 0 Å². The summed E-state index contributed by atoms with van der Waals surface area (Å²) in [6.07, 6.45) is 0.105. The number of thioether (sulfide) groups is 1. The average molecular weight is 439 g/mol. The van der Waals surface area contributed by atoms with Crippen LogP contribution in [0.2, 0.25) is 10.0 Å². The molecule has 1 N–H and O–H groups in total. The predicted octanol–water partition coefficient (Wildman–Crippen LogP) is 5.59.